The quantitative estimate of drug-likeness (QED) is 0.870. The lowest BCUT2D eigenvalue weighted by atomic mass is 10.2. The molecule has 17 heavy (non-hydrogen) atoms. The fourth-order valence-electron chi connectivity index (χ4n) is 1.62. The molecule has 2 rings (SSSR count). The van der Waals surface area contributed by atoms with Gasteiger partial charge in [0.25, 0.3) is 0 Å². The summed E-state index contributed by atoms with van der Waals surface area (Å²) in [7, 11) is 0. The Kier molecular flexibility index (Phi) is 4.43. The van der Waals surface area contributed by atoms with E-state index in [1.165, 1.54) is 5.56 Å². The van der Waals surface area contributed by atoms with Gasteiger partial charge < -0.3 is 5.32 Å². The Balaban J connectivity index is 1.92. The Morgan fingerprint density at radius 3 is 2.41 bits per heavy atom. The zero-order valence-electron chi connectivity index (χ0n) is 9.29. The maximum Gasteiger partial charge on any atom is 0.0451 e. The average molecular weight is 266 g/mol. The van der Waals surface area contributed by atoms with E-state index in [1.54, 1.807) is 6.07 Å². The second-order valence-corrected chi connectivity index (χ2v) is 4.67. The molecule has 0 spiro atoms. The van der Waals surface area contributed by atoms with Gasteiger partial charge >= 0.3 is 0 Å². The second-order valence-electron chi connectivity index (χ2n) is 3.82. The van der Waals surface area contributed by atoms with Gasteiger partial charge in [-0.3, -0.25) is 0 Å². The first-order chi connectivity index (χ1) is 8.25. The first-order valence-electron chi connectivity index (χ1n) is 5.44. The third-order valence-corrected chi connectivity index (χ3v) is 3.10. The van der Waals surface area contributed by atoms with E-state index in [2.05, 4.69) is 17.4 Å². The lowest BCUT2D eigenvalue weighted by Gasteiger charge is -2.07. The number of nitrogens with one attached hydrogen (secondary N) is 1. The van der Waals surface area contributed by atoms with Crippen molar-refractivity contribution in [1.82, 2.24) is 5.32 Å². The number of hydrogen-bond donors (Lipinski definition) is 1. The predicted octanol–water partition coefficient (Wildman–Crippen LogP) is 4.28. The fourth-order valence-corrected chi connectivity index (χ4v) is 2.00. The Bertz CT molecular complexity index is 483. The molecule has 0 fully saturated rings. The summed E-state index contributed by atoms with van der Waals surface area (Å²) >= 11 is 12.0. The van der Waals surface area contributed by atoms with Crippen LogP contribution in [0, 0.1) is 0 Å². The number of benzene rings is 2. The molecule has 88 valence electrons. The molecule has 0 unspecified atom stereocenters. The van der Waals surface area contributed by atoms with Crippen molar-refractivity contribution in [3.05, 3.63) is 69.7 Å². The summed E-state index contributed by atoms with van der Waals surface area (Å²) < 4.78 is 0. The van der Waals surface area contributed by atoms with E-state index in [9.17, 15) is 0 Å². The van der Waals surface area contributed by atoms with Crippen LogP contribution in [0.4, 0.5) is 0 Å². The minimum Gasteiger partial charge on any atom is -0.309 e. The lowest BCUT2D eigenvalue weighted by molar-refractivity contribution is 0.693. The van der Waals surface area contributed by atoms with Gasteiger partial charge in [-0.15, -0.1) is 0 Å². The maximum absolute atomic E-state index is 6.08. The minimum absolute atomic E-state index is 0.714. The zero-order valence-corrected chi connectivity index (χ0v) is 10.8. The Morgan fingerprint density at radius 1 is 0.882 bits per heavy atom. The highest BCUT2D eigenvalue weighted by atomic mass is 35.5. The van der Waals surface area contributed by atoms with Crippen molar-refractivity contribution >= 4 is 23.2 Å². The molecule has 0 aliphatic heterocycles. The van der Waals surface area contributed by atoms with Crippen molar-refractivity contribution in [2.75, 3.05) is 0 Å². The largest absolute Gasteiger partial charge is 0.309 e. The van der Waals surface area contributed by atoms with Gasteiger partial charge in [0.15, 0.2) is 0 Å². The molecule has 0 heterocycles. The van der Waals surface area contributed by atoms with Gasteiger partial charge in [0.1, 0.15) is 0 Å². The molecule has 0 amide bonds. The summed E-state index contributed by atoms with van der Waals surface area (Å²) in [5.41, 5.74) is 2.28. The van der Waals surface area contributed by atoms with Gasteiger partial charge in [-0.25, -0.2) is 0 Å². The molecule has 2 aromatic rings. The third kappa shape index (κ3) is 3.74. The van der Waals surface area contributed by atoms with Crippen molar-refractivity contribution in [2.24, 2.45) is 0 Å². The molecule has 0 aliphatic carbocycles. The monoisotopic (exact) mass is 265 g/mol. The van der Waals surface area contributed by atoms with E-state index in [0.29, 0.717) is 11.6 Å². The third-order valence-electron chi connectivity index (χ3n) is 2.50. The highest BCUT2D eigenvalue weighted by molar-refractivity contribution is 6.33. The normalized spacial score (nSPS) is 10.5. The standard InChI is InChI=1S/C14H13Cl2N/c15-13-6-7-14(16)12(8-13)10-17-9-11-4-2-1-3-5-11/h1-8,17H,9-10H2. The van der Waals surface area contributed by atoms with Gasteiger partial charge in [0.2, 0.25) is 0 Å². The van der Waals surface area contributed by atoms with Gasteiger partial charge in [-0.1, -0.05) is 53.5 Å². The van der Waals surface area contributed by atoms with E-state index in [-0.39, 0.29) is 0 Å². The molecule has 0 saturated heterocycles. The molecule has 0 atom stereocenters. The van der Waals surface area contributed by atoms with Crippen LogP contribution in [-0.2, 0) is 13.1 Å². The van der Waals surface area contributed by atoms with Crippen LogP contribution < -0.4 is 5.32 Å². The SMILES string of the molecule is Clc1ccc(Cl)c(CNCc2ccccc2)c1. The molecule has 0 bridgehead atoms. The maximum atomic E-state index is 6.08. The van der Waals surface area contributed by atoms with Crippen LogP contribution in [0.5, 0.6) is 0 Å². The number of rotatable bonds is 4. The lowest BCUT2D eigenvalue weighted by Crippen LogP contribution is -2.12. The van der Waals surface area contributed by atoms with Crippen molar-refractivity contribution in [3.63, 3.8) is 0 Å². The van der Waals surface area contributed by atoms with E-state index < -0.39 is 0 Å². The topological polar surface area (TPSA) is 12.0 Å². The average Bonchev–Trinajstić information content (AvgIpc) is 2.35. The van der Waals surface area contributed by atoms with Gasteiger partial charge in [0.05, 0.1) is 0 Å². The molecular weight excluding hydrogens is 253 g/mol. The zero-order chi connectivity index (χ0) is 12.1. The number of hydrogen-bond acceptors (Lipinski definition) is 1. The minimum atomic E-state index is 0.714. The van der Waals surface area contributed by atoms with Gasteiger partial charge in [0, 0.05) is 23.1 Å². The summed E-state index contributed by atoms with van der Waals surface area (Å²) in [5, 5.41) is 4.80. The van der Waals surface area contributed by atoms with Crippen LogP contribution in [0.15, 0.2) is 48.5 Å². The Labute approximate surface area is 111 Å². The van der Waals surface area contributed by atoms with Crippen LogP contribution in [-0.4, -0.2) is 0 Å². The van der Waals surface area contributed by atoms with Crippen LogP contribution in [0.1, 0.15) is 11.1 Å². The molecule has 3 heteroatoms. The van der Waals surface area contributed by atoms with Crippen molar-refractivity contribution in [1.29, 1.82) is 0 Å². The van der Waals surface area contributed by atoms with Crippen LogP contribution in [0.25, 0.3) is 0 Å². The van der Waals surface area contributed by atoms with Crippen molar-refractivity contribution < 1.29 is 0 Å². The molecule has 0 saturated carbocycles. The molecule has 1 N–H and O–H groups in total. The Hall–Kier alpha value is -1.02. The smallest absolute Gasteiger partial charge is 0.0451 e. The highest BCUT2D eigenvalue weighted by Gasteiger charge is 2.00. The van der Waals surface area contributed by atoms with Crippen LogP contribution >= 0.6 is 23.2 Å². The van der Waals surface area contributed by atoms with Crippen LogP contribution in [0.3, 0.4) is 0 Å². The first kappa shape index (κ1) is 12.4. The van der Waals surface area contributed by atoms with E-state index in [0.717, 1.165) is 17.1 Å². The summed E-state index contributed by atoms with van der Waals surface area (Å²) in [4.78, 5) is 0. The fraction of sp³-hybridized carbons (Fsp3) is 0.143. The summed E-state index contributed by atoms with van der Waals surface area (Å²) in [6.07, 6.45) is 0. The van der Waals surface area contributed by atoms with E-state index in [4.69, 9.17) is 23.2 Å². The van der Waals surface area contributed by atoms with E-state index in [1.807, 2.05) is 30.3 Å². The van der Waals surface area contributed by atoms with Crippen molar-refractivity contribution in [2.45, 2.75) is 13.1 Å². The van der Waals surface area contributed by atoms with Crippen LogP contribution in [0.2, 0.25) is 10.0 Å². The molecule has 0 aliphatic rings. The number of halogens is 2. The first-order valence-corrected chi connectivity index (χ1v) is 6.20. The molecule has 2 aromatic carbocycles. The second kappa shape index (κ2) is 6.06. The Morgan fingerprint density at radius 2 is 1.65 bits per heavy atom. The molecule has 0 radical (unpaired) electrons. The summed E-state index contributed by atoms with van der Waals surface area (Å²) in [6, 6.07) is 15.8. The van der Waals surface area contributed by atoms with Crippen molar-refractivity contribution in [3.8, 4) is 0 Å². The summed E-state index contributed by atoms with van der Waals surface area (Å²) in [5.74, 6) is 0. The summed E-state index contributed by atoms with van der Waals surface area (Å²) in [6.45, 7) is 1.54. The van der Waals surface area contributed by atoms with Gasteiger partial charge in [-0.2, -0.15) is 0 Å². The highest BCUT2D eigenvalue weighted by Crippen LogP contribution is 2.20. The molecule has 1 nitrogen and oxygen atoms in total. The molecule has 0 aromatic heterocycles. The van der Waals surface area contributed by atoms with Gasteiger partial charge in [-0.05, 0) is 29.3 Å². The molecular formula is C14H13Cl2N. The predicted molar refractivity (Wildman–Crippen MR) is 73.4 cm³/mol. The van der Waals surface area contributed by atoms with E-state index >= 15 is 0 Å².